The number of hydrogen-bond acceptors (Lipinski definition) is 3. The first-order chi connectivity index (χ1) is 6.78. The predicted molar refractivity (Wildman–Crippen MR) is 57.1 cm³/mol. The van der Waals surface area contributed by atoms with Crippen LogP contribution in [0.3, 0.4) is 0 Å². The minimum atomic E-state index is -2.92. The van der Waals surface area contributed by atoms with Gasteiger partial charge in [-0.2, -0.15) is 0 Å². The van der Waals surface area contributed by atoms with Crippen LogP contribution in [-0.4, -0.2) is 36.4 Å². The highest BCUT2D eigenvalue weighted by Crippen LogP contribution is 2.15. The minimum absolute atomic E-state index is 0.0954. The molecule has 0 aliphatic carbocycles. The molecule has 0 rings (SSSR count). The van der Waals surface area contributed by atoms with Gasteiger partial charge in [-0.3, -0.25) is 4.99 Å². The predicted octanol–water partition coefficient (Wildman–Crippen LogP) is 1.23. The summed E-state index contributed by atoms with van der Waals surface area (Å²) in [5, 5.41) is 17.9. The fraction of sp³-hybridized carbons (Fsp3) is 0.444. The lowest BCUT2D eigenvalue weighted by Gasteiger charge is -2.05. The van der Waals surface area contributed by atoms with E-state index < -0.39 is 13.0 Å². The minimum Gasteiger partial charge on any atom is -0.423 e. The van der Waals surface area contributed by atoms with Gasteiger partial charge in [-0.1, -0.05) is 6.08 Å². The van der Waals surface area contributed by atoms with E-state index in [0.717, 1.165) is 13.0 Å². The second kappa shape index (κ2) is 5.77. The van der Waals surface area contributed by atoms with E-state index >= 15 is 0 Å². The van der Waals surface area contributed by atoms with E-state index in [1.54, 1.807) is 0 Å². The molecule has 0 unspecified atom stereocenters. The molecule has 2 N–H and O–H groups in total. The van der Waals surface area contributed by atoms with Crippen molar-refractivity contribution < 1.29 is 18.8 Å². The maximum absolute atomic E-state index is 12.5. The number of alkyl halides is 2. The van der Waals surface area contributed by atoms with Crippen molar-refractivity contribution >= 4 is 13.3 Å². The van der Waals surface area contributed by atoms with Gasteiger partial charge in [0.05, 0.1) is 0 Å². The molecule has 0 aromatic heterocycles. The Kier molecular flexibility index (Phi) is 5.39. The summed E-state index contributed by atoms with van der Waals surface area (Å²) in [6.45, 7) is 2.25. The lowest BCUT2D eigenvalue weighted by molar-refractivity contribution is 0.0774. The Morgan fingerprint density at radius 3 is 2.27 bits per heavy atom. The zero-order valence-corrected chi connectivity index (χ0v) is 8.91. The highest BCUT2D eigenvalue weighted by molar-refractivity contribution is 6.57. The van der Waals surface area contributed by atoms with Crippen LogP contribution in [0, 0.1) is 0 Å². The Morgan fingerprint density at radius 2 is 1.93 bits per heavy atom. The molecule has 0 aromatic rings. The summed E-state index contributed by atoms with van der Waals surface area (Å²) >= 11 is 0. The summed E-state index contributed by atoms with van der Waals surface area (Å²) < 4.78 is 24.9. The molecule has 3 nitrogen and oxygen atoms in total. The lowest BCUT2D eigenvalue weighted by atomic mass is 9.77. The lowest BCUT2D eigenvalue weighted by Crippen LogP contribution is -2.18. The van der Waals surface area contributed by atoms with E-state index in [9.17, 15) is 8.78 Å². The third-order valence-corrected chi connectivity index (χ3v) is 1.63. The molecule has 0 aromatic carbocycles. The molecular weight excluding hydrogens is 203 g/mol. The van der Waals surface area contributed by atoms with Gasteiger partial charge in [-0.25, -0.2) is 8.78 Å². The quantitative estimate of drug-likeness (QED) is 0.422. The highest BCUT2D eigenvalue weighted by atomic mass is 19.3. The maximum Gasteiger partial charge on any atom is 0.490 e. The van der Waals surface area contributed by atoms with Crippen LogP contribution >= 0.6 is 0 Å². The second-order valence-electron chi connectivity index (χ2n) is 3.19. The highest BCUT2D eigenvalue weighted by Gasteiger charge is 2.17. The van der Waals surface area contributed by atoms with Gasteiger partial charge in [-0.15, -0.1) is 0 Å². The van der Waals surface area contributed by atoms with Gasteiger partial charge in [0.15, 0.2) is 0 Å². The van der Waals surface area contributed by atoms with Crippen LogP contribution in [0.4, 0.5) is 8.78 Å². The number of hydrogen-bond donors (Lipinski definition) is 2. The fourth-order valence-corrected chi connectivity index (χ4v) is 0.879. The van der Waals surface area contributed by atoms with Gasteiger partial charge in [-0.05, 0) is 18.6 Å². The third-order valence-electron chi connectivity index (χ3n) is 1.63. The molecule has 0 aliphatic heterocycles. The van der Waals surface area contributed by atoms with E-state index in [0.29, 0.717) is 11.6 Å². The maximum atomic E-state index is 12.5. The van der Waals surface area contributed by atoms with Crippen molar-refractivity contribution in [3.8, 4) is 0 Å². The van der Waals surface area contributed by atoms with Gasteiger partial charge >= 0.3 is 7.12 Å². The molecule has 0 spiro atoms. The third kappa shape index (κ3) is 6.14. The van der Waals surface area contributed by atoms with Crippen LogP contribution in [0.15, 0.2) is 28.2 Å². The van der Waals surface area contributed by atoms with Gasteiger partial charge in [0.1, 0.15) is 0 Å². The molecule has 0 bridgehead atoms. The van der Waals surface area contributed by atoms with Crippen molar-refractivity contribution in [2.24, 2.45) is 4.99 Å². The average molecular weight is 217 g/mol. The van der Waals surface area contributed by atoms with E-state index in [-0.39, 0.29) is 5.47 Å². The molecular formula is C9H14BF2NO2. The summed E-state index contributed by atoms with van der Waals surface area (Å²) in [6, 6.07) is 0. The number of aliphatic imine (C=N–C) groups is 1. The Hall–Kier alpha value is -1.01. The summed E-state index contributed by atoms with van der Waals surface area (Å²) in [6.07, 6.45) is 3.04. The van der Waals surface area contributed by atoms with Crippen molar-refractivity contribution in [2.75, 3.05) is 7.05 Å². The van der Waals surface area contributed by atoms with Gasteiger partial charge in [0.25, 0.3) is 5.92 Å². The zero-order chi connectivity index (χ0) is 12.1. The van der Waals surface area contributed by atoms with Crippen LogP contribution in [0.2, 0.25) is 0 Å². The molecule has 0 amide bonds. The van der Waals surface area contributed by atoms with E-state index in [1.807, 2.05) is 0 Å². The summed E-state index contributed by atoms with van der Waals surface area (Å²) in [7, 11) is -0.266. The van der Waals surface area contributed by atoms with Crippen LogP contribution in [0.25, 0.3) is 0 Å². The molecule has 0 radical (unpaired) electrons. The van der Waals surface area contributed by atoms with E-state index in [2.05, 4.69) is 4.99 Å². The Labute approximate surface area is 88.0 Å². The van der Waals surface area contributed by atoms with Crippen molar-refractivity contribution in [2.45, 2.75) is 19.8 Å². The first kappa shape index (κ1) is 14.0. The number of rotatable bonds is 4. The normalized spacial score (nSPS) is 14.9. The molecule has 0 saturated carbocycles. The van der Waals surface area contributed by atoms with Crippen LogP contribution in [-0.2, 0) is 0 Å². The number of nitrogens with zero attached hydrogens (tertiary/aromatic N) is 1. The van der Waals surface area contributed by atoms with Crippen molar-refractivity contribution in [1.82, 2.24) is 0 Å². The first-order valence-electron chi connectivity index (χ1n) is 4.34. The molecule has 0 saturated heterocycles. The van der Waals surface area contributed by atoms with Crippen LogP contribution in [0.1, 0.15) is 13.8 Å². The number of allylic oxidation sites excluding steroid dienone is 4. The van der Waals surface area contributed by atoms with Crippen LogP contribution in [0.5, 0.6) is 0 Å². The summed E-state index contributed by atoms with van der Waals surface area (Å²) in [5.74, 6) is -2.92. The van der Waals surface area contributed by atoms with E-state index in [4.69, 9.17) is 10.0 Å². The molecule has 0 aliphatic rings. The number of halogens is 2. The Bertz CT molecular complexity index is 293. The van der Waals surface area contributed by atoms with Gasteiger partial charge < -0.3 is 10.0 Å². The van der Waals surface area contributed by atoms with Crippen LogP contribution < -0.4 is 0 Å². The molecule has 0 fully saturated rings. The monoisotopic (exact) mass is 217 g/mol. The fourth-order valence-electron chi connectivity index (χ4n) is 0.879. The summed E-state index contributed by atoms with van der Waals surface area (Å²) in [4.78, 5) is 3.60. The molecule has 15 heavy (non-hydrogen) atoms. The average Bonchev–Trinajstić information content (AvgIpc) is 2.08. The Morgan fingerprint density at radius 1 is 1.40 bits per heavy atom. The van der Waals surface area contributed by atoms with Crippen molar-refractivity contribution in [3.05, 3.63) is 23.2 Å². The second-order valence-corrected chi connectivity index (χ2v) is 3.19. The van der Waals surface area contributed by atoms with Crippen molar-refractivity contribution in [3.63, 3.8) is 0 Å². The molecule has 6 heteroatoms. The largest absolute Gasteiger partial charge is 0.490 e. The summed E-state index contributed by atoms with van der Waals surface area (Å²) in [5.41, 5.74) is 0.426. The van der Waals surface area contributed by atoms with Gasteiger partial charge in [0.2, 0.25) is 0 Å². The zero-order valence-electron chi connectivity index (χ0n) is 8.91. The topological polar surface area (TPSA) is 52.8 Å². The molecule has 84 valence electrons. The van der Waals surface area contributed by atoms with Gasteiger partial charge in [0, 0.05) is 25.7 Å². The van der Waals surface area contributed by atoms with Crippen molar-refractivity contribution in [1.29, 1.82) is 0 Å². The SMILES string of the molecule is CN=C/C(B(O)O)=C(C)\C=C\C(C)(F)F. The Balaban J connectivity index is 4.96. The molecule has 0 atom stereocenters. The first-order valence-corrected chi connectivity index (χ1v) is 4.34. The standard InChI is InChI=1S/C9H14BF2NO2/c1-7(4-5-9(2,11)12)8(6-13-3)10(14)15/h4-6,14-15H,1-3H3/b5-4+,8-7+,13-6?. The molecule has 0 heterocycles. The van der Waals surface area contributed by atoms with E-state index in [1.165, 1.54) is 20.2 Å². The smallest absolute Gasteiger partial charge is 0.423 e.